The van der Waals surface area contributed by atoms with Crippen molar-refractivity contribution in [3.8, 4) is 0 Å². The van der Waals surface area contributed by atoms with Gasteiger partial charge in [-0.15, -0.1) is 0 Å². The Balaban J connectivity index is 1.57. The minimum Gasteiger partial charge on any atom is -0.366 e. The highest BCUT2D eigenvalue weighted by molar-refractivity contribution is 7.98. The molecular weight excluding hydrogens is 400 g/mol. The van der Waals surface area contributed by atoms with E-state index in [4.69, 9.17) is 5.73 Å². The van der Waals surface area contributed by atoms with Gasteiger partial charge in [-0.2, -0.15) is 0 Å². The first-order chi connectivity index (χ1) is 14.4. The predicted molar refractivity (Wildman–Crippen MR) is 118 cm³/mol. The topological polar surface area (TPSA) is 118 Å². The van der Waals surface area contributed by atoms with Crippen molar-refractivity contribution in [1.82, 2.24) is 9.97 Å². The van der Waals surface area contributed by atoms with E-state index >= 15 is 0 Å². The minimum absolute atomic E-state index is 0.139. The molecule has 3 aromatic rings. The molecule has 3 rings (SSSR count). The van der Waals surface area contributed by atoms with E-state index in [0.717, 1.165) is 5.56 Å². The molecule has 0 aliphatic carbocycles. The molecule has 0 saturated heterocycles. The van der Waals surface area contributed by atoms with Gasteiger partial charge in [0.25, 0.3) is 5.56 Å². The number of aryl methyl sites for hydroxylation is 1. The van der Waals surface area contributed by atoms with Crippen molar-refractivity contribution in [3.05, 3.63) is 87.3 Å². The molecular formula is C22H22N4O3S. The van der Waals surface area contributed by atoms with Crippen molar-refractivity contribution in [1.29, 1.82) is 0 Å². The molecule has 1 aromatic heterocycles. The van der Waals surface area contributed by atoms with Crippen LogP contribution in [0.2, 0.25) is 0 Å². The smallest absolute Gasteiger partial charge is 0.254 e. The maximum Gasteiger partial charge on any atom is 0.254 e. The lowest BCUT2D eigenvalue weighted by atomic mass is 10.1. The Labute approximate surface area is 178 Å². The number of nitrogens with one attached hydrogen (secondary N) is 2. The number of hydrogen-bond donors (Lipinski definition) is 3. The van der Waals surface area contributed by atoms with Crippen LogP contribution in [0.4, 0.5) is 5.69 Å². The van der Waals surface area contributed by atoms with E-state index in [9.17, 15) is 14.4 Å². The summed E-state index contributed by atoms with van der Waals surface area (Å²) in [6.45, 7) is 1.78. The van der Waals surface area contributed by atoms with E-state index in [-0.39, 0.29) is 24.3 Å². The number of aromatic amines is 1. The molecule has 0 unspecified atom stereocenters. The number of amides is 2. The Morgan fingerprint density at radius 1 is 1.10 bits per heavy atom. The van der Waals surface area contributed by atoms with Crippen molar-refractivity contribution >= 4 is 29.3 Å². The molecule has 2 amide bonds. The van der Waals surface area contributed by atoms with Gasteiger partial charge >= 0.3 is 0 Å². The van der Waals surface area contributed by atoms with E-state index in [1.165, 1.54) is 11.8 Å². The number of anilines is 1. The SMILES string of the molecule is Cc1nc(SCc2ccccc2)[nH]c(=O)c1CCC(=O)Nc1ccc(C(N)=O)cc1. The first-order valence-corrected chi connectivity index (χ1v) is 10.4. The number of aromatic nitrogens is 2. The number of carbonyl (C=O) groups excluding carboxylic acids is 2. The van der Waals surface area contributed by atoms with Gasteiger partial charge in [-0.25, -0.2) is 4.98 Å². The van der Waals surface area contributed by atoms with Crippen LogP contribution >= 0.6 is 11.8 Å². The van der Waals surface area contributed by atoms with Crippen LogP contribution in [-0.4, -0.2) is 21.8 Å². The Morgan fingerprint density at radius 2 is 1.80 bits per heavy atom. The summed E-state index contributed by atoms with van der Waals surface area (Å²) in [5, 5.41) is 3.30. The zero-order chi connectivity index (χ0) is 21.5. The zero-order valence-corrected chi connectivity index (χ0v) is 17.3. The Kier molecular flexibility index (Phi) is 7.03. The van der Waals surface area contributed by atoms with E-state index in [0.29, 0.717) is 33.4 Å². The number of nitrogens with two attached hydrogens (primary N) is 1. The standard InChI is InChI=1S/C22H22N4O3S/c1-14-18(11-12-19(27)25-17-9-7-16(8-10-17)20(23)28)21(29)26-22(24-14)30-13-15-5-3-2-4-6-15/h2-10H,11-13H2,1H3,(H2,23,28)(H,25,27)(H,24,26,29). The summed E-state index contributed by atoms with van der Waals surface area (Å²) in [5.41, 5.74) is 8.16. The molecule has 0 fully saturated rings. The second-order valence-corrected chi connectivity index (χ2v) is 7.66. The second kappa shape index (κ2) is 9.89. The van der Waals surface area contributed by atoms with Gasteiger partial charge in [0, 0.05) is 34.7 Å². The van der Waals surface area contributed by atoms with Crippen LogP contribution < -0.4 is 16.6 Å². The third-order valence-electron chi connectivity index (χ3n) is 4.47. The van der Waals surface area contributed by atoms with Gasteiger partial charge in [0.05, 0.1) is 0 Å². The Hall–Kier alpha value is -3.39. The van der Waals surface area contributed by atoms with Gasteiger partial charge in [-0.1, -0.05) is 42.1 Å². The van der Waals surface area contributed by atoms with Crippen molar-refractivity contribution in [2.45, 2.75) is 30.7 Å². The fraction of sp³-hybridized carbons (Fsp3) is 0.182. The van der Waals surface area contributed by atoms with Gasteiger partial charge in [-0.3, -0.25) is 14.4 Å². The number of thioether (sulfide) groups is 1. The Bertz CT molecular complexity index is 1100. The molecule has 8 heteroatoms. The fourth-order valence-corrected chi connectivity index (χ4v) is 3.72. The van der Waals surface area contributed by atoms with Crippen LogP contribution in [0.3, 0.4) is 0 Å². The van der Waals surface area contributed by atoms with Gasteiger partial charge in [0.1, 0.15) is 0 Å². The molecule has 0 aliphatic rings. The van der Waals surface area contributed by atoms with Gasteiger partial charge < -0.3 is 16.0 Å². The molecule has 0 aliphatic heterocycles. The number of carbonyl (C=O) groups is 2. The lowest BCUT2D eigenvalue weighted by Crippen LogP contribution is -2.20. The molecule has 4 N–H and O–H groups in total. The van der Waals surface area contributed by atoms with Crippen LogP contribution in [0.15, 0.2) is 64.5 Å². The van der Waals surface area contributed by atoms with Crippen molar-refractivity contribution < 1.29 is 9.59 Å². The van der Waals surface area contributed by atoms with E-state index in [2.05, 4.69) is 15.3 Å². The molecule has 30 heavy (non-hydrogen) atoms. The molecule has 7 nitrogen and oxygen atoms in total. The molecule has 1 heterocycles. The Morgan fingerprint density at radius 3 is 2.43 bits per heavy atom. The average molecular weight is 423 g/mol. The van der Waals surface area contributed by atoms with E-state index in [1.807, 2.05) is 30.3 Å². The van der Waals surface area contributed by atoms with Crippen LogP contribution in [-0.2, 0) is 17.0 Å². The first-order valence-electron chi connectivity index (χ1n) is 9.38. The summed E-state index contributed by atoms with van der Waals surface area (Å²) in [7, 11) is 0. The maximum absolute atomic E-state index is 12.5. The van der Waals surface area contributed by atoms with E-state index < -0.39 is 5.91 Å². The van der Waals surface area contributed by atoms with Crippen molar-refractivity contribution in [2.75, 3.05) is 5.32 Å². The summed E-state index contributed by atoms with van der Waals surface area (Å²) in [6.07, 6.45) is 0.419. The van der Waals surface area contributed by atoms with Gasteiger partial charge in [-0.05, 0) is 43.2 Å². The number of hydrogen-bond acceptors (Lipinski definition) is 5. The van der Waals surface area contributed by atoms with Crippen LogP contribution in [0, 0.1) is 6.92 Å². The number of H-pyrrole nitrogens is 1. The normalized spacial score (nSPS) is 10.6. The fourth-order valence-electron chi connectivity index (χ4n) is 2.85. The summed E-state index contributed by atoms with van der Waals surface area (Å²) in [5.74, 6) is -0.0527. The molecule has 0 radical (unpaired) electrons. The lowest BCUT2D eigenvalue weighted by Gasteiger charge is -2.08. The van der Waals surface area contributed by atoms with Crippen LogP contribution in [0.1, 0.15) is 33.6 Å². The second-order valence-electron chi connectivity index (χ2n) is 6.70. The first kappa shape index (κ1) is 21.3. The van der Waals surface area contributed by atoms with Crippen LogP contribution in [0.5, 0.6) is 0 Å². The molecule has 0 bridgehead atoms. The third kappa shape index (κ3) is 5.81. The largest absolute Gasteiger partial charge is 0.366 e. The monoisotopic (exact) mass is 422 g/mol. The summed E-state index contributed by atoms with van der Waals surface area (Å²) < 4.78 is 0. The summed E-state index contributed by atoms with van der Waals surface area (Å²) in [4.78, 5) is 43.0. The number of rotatable bonds is 8. The van der Waals surface area contributed by atoms with Gasteiger partial charge in [0.2, 0.25) is 11.8 Å². The molecule has 154 valence electrons. The van der Waals surface area contributed by atoms with Crippen molar-refractivity contribution in [2.24, 2.45) is 5.73 Å². The van der Waals surface area contributed by atoms with E-state index in [1.54, 1.807) is 31.2 Å². The average Bonchev–Trinajstić information content (AvgIpc) is 2.73. The predicted octanol–water partition coefficient (Wildman–Crippen LogP) is 3.04. The highest BCUT2D eigenvalue weighted by atomic mass is 32.2. The molecule has 2 aromatic carbocycles. The lowest BCUT2D eigenvalue weighted by molar-refractivity contribution is -0.116. The summed E-state index contributed by atoms with van der Waals surface area (Å²) in [6, 6.07) is 16.2. The number of nitrogens with zero attached hydrogens (tertiary/aromatic N) is 1. The zero-order valence-electron chi connectivity index (χ0n) is 16.5. The quantitative estimate of drug-likeness (QED) is 0.381. The van der Waals surface area contributed by atoms with Crippen molar-refractivity contribution in [3.63, 3.8) is 0 Å². The molecule has 0 atom stereocenters. The highest BCUT2D eigenvalue weighted by Crippen LogP contribution is 2.19. The highest BCUT2D eigenvalue weighted by Gasteiger charge is 2.12. The number of benzene rings is 2. The van der Waals surface area contributed by atoms with Crippen LogP contribution in [0.25, 0.3) is 0 Å². The summed E-state index contributed by atoms with van der Waals surface area (Å²) >= 11 is 1.46. The number of primary amides is 1. The molecule has 0 spiro atoms. The maximum atomic E-state index is 12.5. The van der Waals surface area contributed by atoms with Gasteiger partial charge in [0.15, 0.2) is 5.16 Å². The molecule has 0 saturated carbocycles. The third-order valence-corrected chi connectivity index (χ3v) is 5.42. The minimum atomic E-state index is -0.527.